The van der Waals surface area contributed by atoms with Gasteiger partial charge in [0, 0.05) is 25.7 Å². The quantitative estimate of drug-likeness (QED) is 0.884. The van der Waals surface area contributed by atoms with Gasteiger partial charge in [-0.15, -0.1) is 0 Å². The monoisotopic (exact) mass is 324 g/mol. The van der Waals surface area contributed by atoms with Crippen LogP contribution in [0.2, 0.25) is 0 Å². The fourth-order valence-corrected chi connectivity index (χ4v) is 3.80. The van der Waals surface area contributed by atoms with E-state index in [-0.39, 0.29) is 11.8 Å². The van der Waals surface area contributed by atoms with Gasteiger partial charge in [0.15, 0.2) is 0 Å². The highest BCUT2D eigenvalue weighted by atomic mass is 16.1. The molecule has 0 spiro atoms. The fourth-order valence-electron chi connectivity index (χ4n) is 3.80. The third kappa shape index (κ3) is 4.03. The first-order chi connectivity index (χ1) is 11.7. The van der Waals surface area contributed by atoms with Crippen molar-refractivity contribution < 1.29 is 4.79 Å². The summed E-state index contributed by atoms with van der Waals surface area (Å²) in [5.41, 5.74) is 1.25. The van der Waals surface area contributed by atoms with Crippen LogP contribution in [-0.4, -0.2) is 42.4 Å². The van der Waals surface area contributed by atoms with Crippen molar-refractivity contribution >= 4 is 16.6 Å². The lowest BCUT2D eigenvalue weighted by atomic mass is 9.97. The van der Waals surface area contributed by atoms with Gasteiger partial charge in [0.1, 0.15) is 5.78 Å². The van der Waals surface area contributed by atoms with Gasteiger partial charge in [-0.2, -0.15) is 0 Å². The summed E-state index contributed by atoms with van der Waals surface area (Å²) in [6, 6.07) is 15.5. The van der Waals surface area contributed by atoms with Crippen LogP contribution in [0.1, 0.15) is 32.3 Å². The first-order valence-corrected chi connectivity index (χ1v) is 9.13. The summed E-state index contributed by atoms with van der Waals surface area (Å²) in [6.07, 6.45) is 3.16. The van der Waals surface area contributed by atoms with Crippen molar-refractivity contribution in [3.8, 4) is 0 Å². The SMILES string of the molecule is CCC[C@H]1CN([C@@H](Cc2ccc3ccccc3c2)C(C)=O)CCN1. The molecule has 1 saturated heterocycles. The number of fused-ring (bicyclic) bond motifs is 1. The maximum Gasteiger partial charge on any atom is 0.147 e. The highest BCUT2D eigenvalue weighted by Crippen LogP contribution is 2.19. The van der Waals surface area contributed by atoms with Crippen molar-refractivity contribution in [1.29, 1.82) is 0 Å². The summed E-state index contributed by atoms with van der Waals surface area (Å²) in [7, 11) is 0. The Kier molecular flexibility index (Phi) is 5.64. The number of hydrogen-bond acceptors (Lipinski definition) is 3. The predicted molar refractivity (Wildman–Crippen MR) is 100 cm³/mol. The molecule has 3 nitrogen and oxygen atoms in total. The molecule has 3 heteroatoms. The molecule has 1 N–H and O–H groups in total. The minimum Gasteiger partial charge on any atom is -0.311 e. The number of piperazine rings is 1. The van der Waals surface area contributed by atoms with E-state index in [1.54, 1.807) is 6.92 Å². The van der Waals surface area contributed by atoms with Gasteiger partial charge in [0.2, 0.25) is 0 Å². The Bertz CT molecular complexity index is 695. The van der Waals surface area contributed by atoms with Gasteiger partial charge < -0.3 is 5.32 Å². The van der Waals surface area contributed by atoms with Crippen LogP contribution in [0.4, 0.5) is 0 Å². The van der Waals surface area contributed by atoms with E-state index in [0.29, 0.717) is 6.04 Å². The summed E-state index contributed by atoms with van der Waals surface area (Å²) < 4.78 is 0. The Morgan fingerprint density at radius 2 is 2.04 bits per heavy atom. The molecule has 128 valence electrons. The van der Waals surface area contributed by atoms with E-state index in [1.165, 1.54) is 29.2 Å². The van der Waals surface area contributed by atoms with Crippen LogP contribution in [0.5, 0.6) is 0 Å². The number of rotatable bonds is 6. The van der Waals surface area contributed by atoms with Gasteiger partial charge in [-0.3, -0.25) is 9.69 Å². The highest BCUT2D eigenvalue weighted by Gasteiger charge is 2.28. The minimum absolute atomic E-state index is 0.00683. The fraction of sp³-hybridized carbons (Fsp3) is 0.476. The van der Waals surface area contributed by atoms with Gasteiger partial charge in [-0.05, 0) is 36.1 Å². The standard InChI is InChI=1S/C21H28N2O/c1-3-6-20-15-23(12-11-22-20)21(16(2)24)14-17-9-10-18-7-4-5-8-19(18)13-17/h4-5,7-10,13,20-22H,3,6,11-12,14-15H2,1-2H3/t20-,21-/m0/s1. The van der Waals surface area contributed by atoms with E-state index < -0.39 is 0 Å². The van der Waals surface area contributed by atoms with Crippen LogP contribution < -0.4 is 5.32 Å². The predicted octanol–water partition coefficient (Wildman–Crippen LogP) is 3.41. The largest absolute Gasteiger partial charge is 0.311 e. The van der Waals surface area contributed by atoms with Crippen molar-refractivity contribution in [3.63, 3.8) is 0 Å². The lowest BCUT2D eigenvalue weighted by Crippen LogP contribution is -2.56. The summed E-state index contributed by atoms with van der Waals surface area (Å²) >= 11 is 0. The van der Waals surface area contributed by atoms with Crippen LogP contribution in [0.15, 0.2) is 42.5 Å². The molecule has 24 heavy (non-hydrogen) atoms. The second-order valence-electron chi connectivity index (χ2n) is 6.95. The molecule has 0 aliphatic carbocycles. The van der Waals surface area contributed by atoms with Gasteiger partial charge in [-0.25, -0.2) is 0 Å². The number of benzene rings is 2. The van der Waals surface area contributed by atoms with E-state index in [0.717, 1.165) is 26.1 Å². The number of nitrogens with one attached hydrogen (secondary N) is 1. The average molecular weight is 324 g/mol. The molecule has 0 bridgehead atoms. The van der Waals surface area contributed by atoms with E-state index in [4.69, 9.17) is 0 Å². The highest BCUT2D eigenvalue weighted by molar-refractivity contribution is 5.84. The molecule has 0 saturated carbocycles. The number of Topliss-reactive ketones (excluding diaryl/α,β-unsaturated/α-hetero) is 1. The Hall–Kier alpha value is -1.71. The van der Waals surface area contributed by atoms with Gasteiger partial charge in [-0.1, -0.05) is 55.8 Å². The zero-order valence-corrected chi connectivity index (χ0v) is 14.8. The van der Waals surface area contributed by atoms with Crippen molar-refractivity contribution in [1.82, 2.24) is 10.2 Å². The third-order valence-corrected chi connectivity index (χ3v) is 5.08. The smallest absolute Gasteiger partial charge is 0.147 e. The van der Waals surface area contributed by atoms with E-state index >= 15 is 0 Å². The van der Waals surface area contributed by atoms with Crippen molar-refractivity contribution in [3.05, 3.63) is 48.0 Å². The zero-order valence-electron chi connectivity index (χ0n) is 14.8. The average Bonchev–Trinajstić information content (AvgIpc) is 2.60. The molecule has 3 rings (SSSR count). The Labute approximate surface area is 145 Å². The number of carbonyl (C=O) groups excluding carboxylic acids is 1. The molecule has 0 amide bonds. The molecular formula is C21H28N2O. The molecule has 2 aromatic rings. The van der Waals surface area contributed by atoms with Crippen LogP contribution in [0.25, 0.3) is 10.8 Å². The molecule has 1 aliphatic heterocycles. The Balaban J connectivity index is 1.76. The molecule has 1 heterocycles. The van der Waals surface area contributed by atoms with Crippen LogP contribution >= 0.6 is 0 Å². The topological polar surface area (TPSA) is 32.3 Å². The molecule has 0 unspecified atom stereocenters. The first kappa shape index (κ1) is 17.1. The molecule has 1 aliphatic rings. The summed E-state index contributed by atoms with van der Waals surface area (Å²) in [6.45, 7) is 6.87. The summed E-state index contributed by atoms with van der Waals surface area (Å²) in [5, 5.41) is 6.09. The van der Waals surface area contributed by atoms with Crippen LogP contribution in [0, 0.1) is 0 Å². The Morgan fingerprint density at radius 3 is 2.79 bits per heavy atom. The molecule has 1 fully saturated rings. The second kappa shape index (κ2) is 7.91. The third-order valence-electron chi connectivity index (χ3n) is 5.08. The van der Waals surface area contributed by atoms with Gasteiger partial charge >= 0.3 is 0 Å². The molecule has 2 atom stereocenters. The lowest BCUT2D eigenvalue weighted by Gasteiger charge is -2.38. The normalized spacial score (nSPS) is 20.2. The number of ketones is 1. The number of carbonyl (C=O) groups is 1. The maximum atomic E-state index is 12.3. The van der Waals surface area contributed by atoms with E-state index in [2.05, 4.69) is 59.6 Å². The zero-order chi connectivity index (χ0) is 16.9. The molecule has 0 radical (unpaired) electrons. The van der Waals surface area contributed by atoms with E-state index in [9.17, 15) is 4.79 Å². The minimum atomic E-state index is -0.00683. The summed E-state index contributed by atoms with van der Waals surface area (Å²) in [4.78, 5) is 14.7. The van der Waals surface area contributed by atoms with Crippen molar-refractivity contribution in [2.75, 3.05) is 19.6 Å². The maximum absolute atomic E-state index is 12.3. The molecular weight excluding hydrogens is 296 g/mol. The number of hydrogen-bond donors (Lipinski definition) is 1. The van der Waals surface area contributed by atoms with Crippen molar-refractivity contribution in [2.24, 2.45) is 0 Å². The van der Waals surface area contributed by atoms with Gasteiger partial charge in [0.25, 0.3) is 0 Å². The van der Waals surface area contributed by atoms with E-state index in [1.807, 2.05) is 0 Å². The summed E-state index contributed by atoms with van der Waals surface area (Å²) in [5.74, 6) is 0.278. The van der Waals surface area contributed by atoms with Crippen LogP contribution in [0.3, 0.4) is 0 Å². The lowest BCUT2D eigenvalue weighted by molar-refractivity contribution is -0.122. The first-order valence-electron chi connectivity index (χ1n) is 9.13. The molecule has 2 aromatic carbocycles. The second-order valence-corrected chi connectivity index (χ2v) is 6.95. The Morgan fingerprint density at radius 1 is 1.25 bits per heavy atom. The molecule has 0 aromatic heterocycles. The van der Waals surface area contributed by atoms with Crippen molar-refractivity contribution in [2.45, 2.75) is 45.2 Å². The number of nitrogens with zero attached hydrogens (tertiary/aromatic N) is 1. The van der Waals surface area contributed by atoms with Gasteiger partial charge in [0.05, 0.1) is 6.04 Å². The van der Waals surface area contributed by atoms with Crippen LogP contribution in [-0.2, 0) is 11.2 Å².